The molecule has 3 atom stereocenters. The lowest BCUT2D eigenvalue weighted by molar-refractivity contribution is -0.205. The van der Waals surface area contributed by atoms with Crippen molar-refractivity contribution in [2.24, 2.45) is 0 Å². The van der Waals surface area contributed by atoms with Crippen LogP contribution in [0.5, 0.6) is 0 Å². The molecule has 2 fully saturated rings. The van der Waals surface area contributed by atoms with Crippen LogP contribution in [0.15, 0.2) is 60.7 Å². The van der Waals surface area contributed by atoms with Crippen LogP contribution in [0.3, 0.4) is 0 Å². The number of alkyl halides is 3. The summed E-state index contributed by atoms with van der Waals surface area (Å²) in [4.78, 5) is 41.4. The molecule has 1 saturated heterocycles. The number of esters is 1. The van der Waals surface area contributed by atoms with Crippen molar-refractivity contribution >= 4 is 17.8 Å². The molecule has 1 aliphatic carbocycles. The van der Waals surface area contributed by atoms with Crippen LogP contribution in [-0.4, -0.2) is 73.9 Å². The van der Waals surface area contributed by atoms with Gasteiger partial charge in [-0.15, -0.1) is 6.42 Å². The Hall–Kier alpha value is -4.80. The molecule has 270 valence electrons. The summed E-state index contributed by atoms with van der Waals surface area (Å²) < 4.78 is 79.6. The number of benzene rings is 3. The van der Waals surface area contributed by atoms with Crippen LogP contribution in [-0.2, 0) is 26.2 Å². The van der Waals surface area contributed by atoms with Crippen LogP contribution in [0, 0.1) is 30.9 Å². The number of aryl methyl sites for hydroxylation is 1. The Morgan fingerprint density at radius 1 is 1.04 bits per heavy atom. The number of carbonyl (C=O) groups excluding carboxylic acids is 3. The Balaban J connectivity index is 1.47. The lowest BCUT2D eigenvalue weighted by Gasteiger charge is -2.31. The maximum Gasteiger partial charge on any atom is 0.490 e. The number of nitrogens with one attached hydrogen (secondary N) is 2. The minimum atomic E-state index is -5.38. The molecule has 0 radical (unpaired) electrons. The van der Waals surface area contributed by atoms with Gasteiger partial charge in [-0.1, -0.05) is 18.1 Å². The van der Waals surface area contributed by atoms with Crippen molar-refractivity contribution in [1.82, 2.24) is 15.5 Å². The number of amides is 2. The first-order valence-corrected chi connectivity index (χ1v) is 16.5. The van der Waals surface area contributed by atoms with Gasteiger partial charge in [0.05, 0.1) is 18.7 Å². The van der Waals surface area contributed by atoms with Gasteiger partial charge >= 0.3 is 12.1 Å². The largest absolute Gasteiger partial charge is 0.490 e. The number of rotatable bonds is 13. The molecular weight excluding hydrogens is 673 g/mol. The van der Waals surface area contributed by atoms with Gasteiger partial charge in [0, 0.05) is 48.5 Å². The number of methoxy groups -OCH3 is 1. The van der Waals surface area contributed by atoms with E-state index in [0.717, 1.165) is 30.5 Å². The smallest absolute Gasteiger partial charge is 0.452 e. The van der Waals surface area contributed by atoms with Gasteiger partial charge in [0.25, 0.3) is 11.8 Å². The third-order valence-corrected chi connectivity index (χ3v) is 9.19. The normalized spacial score (nSPS) is 17.7. The third-order valence-electron chi connectivity index (χ3n) is 9.19. The number of carbonyl (C=O) groups is 3. The first-order valence-electron chi connectivity index (χ1n) is 16.5. The van der Waals surface area contributed by atoms with Crippen LogP contribution in [0.2, 0.25) is 0 Å². The van der Waals surface area contributed by atoms with E-state index in [0.29, 0.717) is 43.2 Å². The molecule has 2 N–H and O–H groups in total. The minimum Gasteiger partial charge on any atom is -0.452 e. The van der Waals surface area contributed by atoms with Gasteiger partial charge < -0.3 is 25.0 Å². The van der Waals surface area contributed by atoms with Crippen LogP contribution in [0.1, 0.15) is 68.7 Å². The topological polar surface area (TPSA) is 97.0 Å². The second kappa shape index (κ2) is 15.6. The van der Waals surface area contributed by atoms with E-state index in [1.807, 2.05) is 6.07 Å². The third kappa shape index (κ3) is 9.31. The van der Waals surface area contributed by atoms with E-state index in [1.165, 1.54) is 12.1 Å². The summed E-state index contributed by atoms with van der Waals surface area (Å²) in [7, 11) is 1.54. The summed E-state index contributed by atoms with van der Waals surface area (Å²) in [5, 5.41) is 5.85. The molecule has 2 amide bonds. The van der Waals surface area contributed by atoms with Gasteiger partial charge in [-0.2, -0.15) is 13.2 Å². The molecule has 3 aromatic carbocycles. The summed E-state index contributed by atoms with van der Waals surface area (Å²) in [6, 6.07) is 12.6. The first kappa shape index (κ1) is 37.5. The molecule has 13 heteroatoms. The summed E-state index contributed by atoms with van der Waals surface area (Å²) in [5.41, 5.74) is 1.45. The van der Waals surface area contributed by atoms with Gasteiger partial charge in [-0.3, -0.25) is 9.59 Å². The Morgan fingerprint density at radius 2 is 1.75 bits per heavy atom. The molecule has 1 saturated carbocycles. The zero-order valence-corrected chi connectivity index (χ0v) is 28.1. The molecule has 1 aliphatic heterocycles. The number of likely N-dealkylation sites (tertiary alicyclic amines) is 1. The van der Waals surface area contributed by atoms with Crippen LogP contribution in [0.25, 0.3) is 0 Å². The highest BCUT2D eigenvalue weighted by molar-refractivity contribution is 6.00. The summed E-state index contributed by atoms with van der Waals surface area (Å²) in [6.07, 6.45) is 0.816. The molecule has 1 heterocycles. The van der Waals surface area contributed by atoms with Crippen molar-refractivity contribution < 1.29 is 45.8 Å². The molecule has 0 aromatic heterocycles. The average Bonchev–Trinajstić information content (AvgIpc) is 3.74. The molecule has 5 rings (SSSR count). The van der Waals surface area contributed by atoms with E-state index >= 15 is 0 Å². The zero-order chi connectivity index (χ0) is 36.9. The predicted octanol–water partition coefficient (Wildman–Crippen LogP) is 5.60. The van der Waals surface area contributed by atoms with Crippen LogP contribution < -0.4 is 10.6 Å². The van der Waals surface area contributed by atoms with Gasteiger partial charge in [0.1, 0.15) is 17.7 Å². The first-order chi connectivity index (χ1) is 24.2. The number of hydrogen-bond donors (Lipinski definition) is 2. The van der Waals surface area contributed by atoms with Crippen LogP contribution in [0.4, 0.5) is 22.0 Å². The van der Waals surface area contributed by atoms with Gasteiger partial charge in [0.15, 0.2) is 0 Å². The molecule has 51 heavy (non-hydrogen) atoms. The number of hydrogen-bond acceptors (Lipinski definition) is 6. The fraction of sp³-hybridized carbons (Fsp3) is 0.395. The Bertz CT molecular complexity index is 1800. The number of terminal acetylenes is 1. The summed E-state index contributed by atoms with van der Waals surface area (Å²) in [5.74, 6) is -2.97. The highest BCUT2D eigenvalue weighted by Gasteiger charge is 2.47. The van der Waals surface area contributed by atoms with Crippen LogP contribution >= 0.6 is 0 Å². The maximum atomic E-state index is 14.3. The second-order valence-electron chi connectivity index (χ2n) is 13.0. The monoisotopic (exact) mass is 711 g/mol. The van der Waals surface area contributed by atoms with E-state index in [1.54, 1.807) is 43.2 Å². The molecule has 2 aliphatic rings. The lowest BCUT2D eigenvalue weighted by Crippen LogP contribution is -2.53. The van der Waals surface area contributed by atoms with E-state index in [9.17, 15) is 36.3 Å². The van der Waals surface area contributed by atoms with Crippen molar-refractivity contribution in [3.63, 3.8) is 0 Å². The van der Waals surface area contributed by atoms with E-state index < -0.39 is 53.8 Å². The lowest BCUT2D eigenvalue weighted by atomic mass is 9.97. The van der Waals surface area contributed by atoms with Crippen molar-refractivity contribution in [2.75, 3.05) is 26.8 Å². The zero-order valence-electron chi connectivity index (χ0n) is 28.1. The van der Waals surface area contributed by atoms with Gasteiger partial charge in [0.2, 0.25) is 0 Å². The van der Waals surface area contributed by atoms with E-state index in [2.05, 4.69) is 16.6 Å². The quantitative estimate of drug-likeness (QED) is 0.136. The Kier molecular flexibility index (Phi) is 11.5. The Labute approximate surface area is 292 Å². The predicted molar refractivity (Wildman–Crippen MR) is 178 cm³/mol. The SMILES string of the molecule is C#Cc1cccc(C2(NC[C@@H](OC(=O)C(F)(F)F)[C@H](Cc3cc(F)cc(F)c3)NC(=O)c3cc(C)cc(C(=O)N4CCC[C@@H]4COC)c3)CC2)c1. The van der Waals surface area contributed by atoms with Crippen molar-refractivity contribution in [3.8, 4) is 12.3 Å². The standard InChI is InChI=1S/C38H38F5N3O5/c1-4-24-7-5-8-28(15-24)37(10-11-37)44-21-33(51-36(49)38(41,42)43)32(18-25-16-29(39)20-30(40)17-25)45-34(47)26-13-23(2)14-27(19-26)35(48)46-12-6-9-31(46)22-50-3/h1,5,7-8,13-17,19-20,31-33,44H,6,9-12,18,21-22H2,2-3H3,(H,45,47)/t31-,32+,33-/m1/s1. The highest BCUT2D eigenvalue weighted by Crippen LogP contribution is 2.45. The maximum absolute atomic E-state index is 14.3. The molecule has 8 nitrogen and oxygen atoms in total. The van der Waals surface area contributed by atoms with Gasteiger partial charge in [-0.25, -0.2) is 13.6 Å². The molecular formula is C38H38F5N3O5. The van der Waals surface area contributed by atoms with Crippen molar-refractivity contribution in [2.45, 2.75) is 68.9 Å². The Morgan fingerprint density at radius 3 is 2.39 bits per heavy atom. The molecule has 0 bridgehead atoms. The molecule has 3 aromatic rings. The summed E-state index contributed by atoms with van der Waals surface area (Å²) in [6.45, 7) is 2.15. The van der Waals surface area contributed by atoms with Gasteiger partial charge in [-0.05, 0) is 98.2 Å². The highest BCUT2D eigenvalue weighted by atomic mass is 19.4. The molecule has 0 spiro atoms. The fourth-order valence-electron chi connectivity index (χ4n) is 6.55. The second-order valence-corrected chi connectivity index (χ2v) is 13.0. The number of ether oxygens (including phenoxy) is 2. The van der Waals surface area contributed by atoms with Crippen molar-refractivity contribution in [3.05, 3.63) is 106 Å². The fourth-order valence-corrected chi connectivity index (χ4v) is 6.55. The van der Waals surface area contributed by atoms with E-state index in [4.69, 9.17) is 15.9 Å². The van der Waals surface area contributed by atoms with Crippen molar-refractivity contribution in [1.29, 1.82) is 0 Å². The average molecular weight is 712 g/mol. The minimum absolute atomic E-state index is 0.00737. The van der Waals surface area contributed by atoms with E-state index in [-0.39, 0.29) is 35.2 Å². The molecule has 0 unspecified atom stereocenters. The summed E-state index contributed by atoms with van der Waals surface area (Å²) >= 11 is 0. The number of nitrogens with zero attached hydrogens (tertiary/aromatic N) is 1. The number of halogens is 5.